The molecule has 0 aromatic heterocycles. The highest BCUT2D eigenvalue weighted by molar-refractivity contribution is 7.81. The molecular formula is C16H19F10NO4S. The van der Waals surface area contributed by atoms with Gasteiger partial charge in [-0.2, -0.15) is 43.9 Å². The van der Waals surface area contributed by atoms with Crippen molar-refractivity contribution < 1.29 is 63.0 Å². The fraction of sp³-hybridized carbons (Fsp3) is 0.750. The fourth-order valence-electron chi connectivity index (χ4n) is 1.88. The lowest BCUT2D eigenvalue weighted by Crippen LogP contribution is -2.61. The first kappa shape index (κ1) is 30.3. The van der Waals surface area contributed by atoms with E-state index in [0.29, 0.717) is 0 Å². The second-order valence-electron chi connectivity index (χ2n) is 6.46. The molecule has 1 atom stereocenters. The predicted octanol–water partition coefficient (Wildman–Crippen LogP) is 4.78. The number of halogens is 10. The van der Waals surface area contributed by atoms with E-state index in [-0.39, 0.29) is 0 Å². The average Bonchev–Trinajstić information content (AvgIpc) is 2.56. The average molecular weight is 511 g/mol. The van der Waals surface area contributed by atoms with Crippen LogP contribution in [0.4, 0.5) is 43.9 Å². The van der Waals surface area contributed by atoms with E-state index >= 15 is 0 Å². The van der Waals surface area contributed by atoms with Gasteiger partial charge < -0.3 is 14.8 Å². The number of hydrogen-bond donors (Lipinski definition) is 2. The summed E-state index contributed by atoms with van der Waals surface area (Å²) in [7, 11) is 0. The Morgan fingerprint density at radius 3 is 1.88 bits per heavy atom. The zero-order valence-electron chi connectivity index (χ0n) is 16.3. The van der Waals surface area contributed by atoms with Crippen LogP contribution in [-0.2, 0) is 19.1 Å². The highest BCUT2D eigenvalue weighted by Gasteiger charge is 2.66. The lowest BCUT2D eigenvalue weighted by atomic mass is 10.1. The molecule has 0 aromatic rings. The topological polar surface area (TPSA) is 64.6 Å². The highest BCUT2D eigenvalue weighted by atomic mass is 32.1. The smallest absolute Gasteiger partial charge is 0.412 e. The van der Waals surface area contributed by atoms with Crippen molar-refractivity contribution in [1.82, 2.24) is 5.32 Å². The SMILES string of the molecule is C=C(C)C(=O)OC(OCCCCC(F)(F)C(F)(F)S)(C(=O)NCCC(F)(F)F)C(F)(F)F. The first-order chi connectivity index (χ1) is 14.2. The van der Waals surface area contributed by atoms with Gasteiger partial charge in [0.1, 0.15) is 0 Å². The molecule has 0 heterocycles. The molecule has 0 rings (SSSR count). The van der Waals surface area contributed by atoms with Crippen LogP contribution in [0.2, 0.25) is 0 Å². The third-order valence-corrected chi connectivity index (χ3v) is 3.91. The quantitative estimate of drug-likeness (QED) is 0.0989. The van der Waals surface area contributed by atoms with Gasteiger partial charge in [-0.15, -0.1) is 0 Å². The first-order valence-corrected chi connectivity index (χ1v) is 9.03. The summed E-state index contributed by atoms with van der Waals surface area (Å²) in [6.45, 7) is 1.33. The van der Waals surface area contributed by atoms with Crippen molar-refractivity contribution in [1.29, 1.82) is 0 Å². The van der Waals surface area contributed by atoms with E-state index in [1.54, 1.807) is 0 Å². The van der Waals surface area contributed by atoms with Crippen LogP contribution in [0.1, 0.15) is 32.6 Å². The molecule has 16 heteroatoms. The molecule has 188 valence electrons. The maximum absolute atomic E-state index is 13.6. The molecule has 0 aliphatic rings. The van der Waals surface area contributed by atoms with Gasteiger partial charge in [0.2, 0.25) is 0 Å². The number of amides is 1. The number of nitrogens with one attached hydrogen (secondary N) is 1. The van der Waals surface area contributed by atoms with Gasteiger partial charge in [-0.05, 0) is 19.8 Å². The van der Waals surface area contributed by atoms with E-state index in [4.69, 9.17) is 0 Å². The lowest BCUT2D eigenvalue weighted by molar-refractivity contribution is -0.347. The molecule has 0 bridgehead atoms. The van der Waals surface area contributed by atoms with Crippen molar-refractivity contribution in [3.8, 4) is 0 Å². The summed E-state index contributed by atoms with van der Waals surface area (Å²) in [6, 6.07) is 0. The maximum atomic E-state index is 13.6. The molecule has 32 heavy (non-hydrogen) atoms. The molecule has 1 amide bonds. The summed E-state index contributed by atoms with van der Waals surface area (Å²) in [5.74, 6) is -13.2. The first-order valence-electron chi connectivity index (χ1n) is 8.59. The molecule has 5 nitrogen and oxygen atoms in total. The predicted molar refractivity (Wildman–Crippen MR) is 92.1 cm³/mol. The van der Waals surface area contributed by atoms with Gasteiger partial charge in [-0.3, -0.25) is 4.79 Å². The van der Waals surface area contributed by atoms with Crippen LogP contribution in [0.5, 0.6) is 0 Å². The third kappa shape index (κ3) is 9.03. The molecule has 1 unspecified atom stereocenters. The minimum atomic E-state index is -5.83. The second kappa shape index (κ2) is 10.9. The molecular weight excluding hydrogens is 492 g/mol. The monoisotopic (exact) mass is 511 g/mol. The molecule has 0 aromatic carbocycles. The van der Waals surface area contributed by atoms with Crippen LogP contribution in [0.25, 0.3) is 0 Å². The Hall–Kier alpha value is -1.71. The number of carbonyl (C=O) groups is 2. The van der Waals surface area contributed by atoms with E-state index in [0.717, 1.165) is 6.92 Å². The van der Waals surface area contributed by atoms with Crippen molar-refractivity contribution in [2.75, 3.05) is 13.2 Å². The van der Waals surface area contributed by atoms with Gasteiger partial charge in [-0.1, -0.05) is 19.2 Å². The van der Waals surface area contributed by atoms with Gasteiger partial charge in [0.05, 0.1) is 13.0 Å². The van der Waals surface area contributed by atoms with Crippen LogP contribution < -0.4 is 5.32 Å². The van der Waals surface area contributed by atoms with Crippen LogP contribution in [-0.4, -0.2) is 54.3 Å². The summed E-state index contributed by atoms with van der Waals surface area (Å²) in [4.78, 5) is 23.7. The summed E-state index contributed by atoms with van der Waals surface area (Å²) in [5.41, 5.74) is -0.638. The van der Waals surface area contributed by atoms with Crippen LogP contribution in [0, 0.1) is 0 Å². The van der Waals surface area contributed by atoms with Gasteiger partial charge >= 0.3 is 41.2 Å². The van der Waals surface area contributed by atoms with Gasteiger partial charge in [0.25, 0.3) is 0 Å². The van der Waals surface area contributed by atoms with Crippen molar-refractivity contribution in [2.45, 2.75) is 61.9 Å². The van der Waals surface area contributed by atoms with Crippen molar-refractivity contribution >= 4 is 24.5 Å². The number of ether oxygens (including phenoxy) is 2. The Labute approximate surface area is 180 Å². The maximum Gasteiger partial charge on any atom is 0.466 e. The van der Waals surface area contributed by atoms with E-state index in [1.807, 2.05) is 0 Å². The van der Waals surface area contributed by atoms with Crippen molar-refractivity contribution in [2.24, 2.45) is 0 Å². The second-order valence-corrected chi connectivity index (χ2v) is 7.02. The normalized spacial score (nSPS) is 15.1. The number of unbranched alkanes of at least 4 members (excludes halogenated alkanes) is 1. The van der Waals surface area contributed by atoms with E-state index < -0.39 is 85.6 Å². The molecule has 1 N–H and O–H groups in total. The Kier molecular flexibility index (Phi) is 10.4. The zero-order valence-corrected chi connectivity index (χ0v) is 17.2. The van der Waals surface area contributed by atoms with E-state index in [2.05, 4.69) is 28.7 Å². The molecule has 0 radical (unpaired) electrons. The number of alkyl halides is 10. The standard InChI is InChI=1S/C16H19F10NO4S/c1-9(2)10(28)31-14(15(22,23)24,11(29)27-7-6-13(19,20)21)30-8-4-3-5-12(17,18)16(25,26)32/h32H,1,3-8H2,2H3,(H,27,29). The Morgan fingerprint density at radius 2 is 1.47 bits per heavy atom. The zero-order chi connectivity index (χ0) is 25.6. The number of carbonyl (C=O) groups excluding carboxylic acids is 2. The van der Waals surface area contributed by atoms with E-state index in [1.165, 1.54) is 5.32 Å². The van der Waals surface area contributed by atoms with Gasteiger partial charge in [0, 0.05) is 18.5 Å². The van der Waals surface area contributed by atoms with Gasteiger partial charge in [-0.25, -0.2) is 4.79 Å². The Balaban J connectivity index is 5.49. The van der Waals surface area contributed by atoms with E-state index in [9.17, 15) is 53.5 Å². The van der Waals surface area contributed by atoms with Crippen LogP contribution in [0.3, 0.4) is 0 Å². The van der Waals surface area contributed by atoms with Crippen LogP contribution in [0.15, 0.2) is 12.2 Å². The molecule has 0 saturated carbocycles. The summed E-state index contributed by atoms with van der Waals surface area (Å²) in [6.07, 6.45) is -15.5. The van der Waals surface area contributed by atoms with Crippen LogP contribution >= 0.6 is 12.6 Å². The summed E-state index contributed by atoms with van der Waals surface area (Å²) < 4.78 is 137. The van der Waals surface area contributed by atoms with Crippen molar-refractivity contribution in [3.05, 3.63) is 12.2 Å². The Morgan fingerprint density at radius 1 is 0.938 bits per heavy atom. The minimum absolute atomic E-state index is 0.638. The number of esters is 1. The molecule has 0 spiro atoms. The summed E-state index contributed by atoms with van der Waals surface area (Å²) in [5, 5.41) is -3.43. The molecule has 0 saturated heterocycles. The fourth-order valence-corrected chi connectivity index (χ4v) is 1.99. The third-order valence-electron chi connectivity index (χ3n) is 3.58. The molecule has 0 aliphatic heterocycles. The Bertz CT molecular complexity index is 675. The lowest BCUT2D eigenvalue weighted by Gasteiger charge is -2.33. The van der Waals surface area contributed by atoms with Crippen molar-refractivity contribution in [3.63, 3.8) is 0 Å². The molecule has 0 fully saturated rings. The number of hydrogen-bond acceptors (Lipinski definition) is 5. The van der Waals surface area contributed by atoms with Gasteiger partial charge in [0.15, 0.2) is 0 Å². The minimum Gasteiger partial charge on any atom is -0.412 e. The largest absolute Gasteiger partial charge is 0.466 e. The number of thiol groups is 1. The number of rotatable bonds is 12. The summed E-state index contributed by atoms with van der Waals surface area (Å²) >= 11 is 2.42. The molecule has 0 aliphatic carbocycles. The highest BCUT2D eigenvalue weighted by Crippen LogP contribution is 2.41.